The molecule has 56 valence electrons. The van der Waals surface area contributed by atoms with E-state index in [-0.39, 0.29) is 11.6 Å². The lowest BCUT2D eigenvalue weighted by molar-refractivity contribution is 0.497. The van der Waals surface area contributed by atoms with E-state index in [9.17, 15) is 4.79 Å². The van der Waals surface area contributed by atoms with E-state index < -0.39 is 0 Å². The highest BCUT2D eigenvalue weighted by Gasteiger charge is 1.99. The molecular formula is C6H11N3O. The van der Waals surface area contributed by atoms with Gasteiger partial charge in [-0.05, 0) is 6.92 Å². The zero-order valence-electron chi connectivity index (χ0n) is 5.87. The fourth-order valence-electron chi connectivity index (χ4n) is 0.720. The number of hydrogen-bond acceptors (Lipinski definition) is 2. The van der Waals surface area contributed by atoms with Crippen molar-refractivity contribution in [1.29, 1.82) is 0 Å². The number of nitrogens with one attached hydrogen (secondary N) is 1. The zero-order chi connectivity index (χ0) is 7.56. The number of nitrogens with two attached hydrogens (primary N) is 1. The Morgan fingerprint density at radius 1 is 1.90 bits per heavy atom. The van der Waals surface area contributed by atoms with Crippen LogP contribution in [0.4, 0.5) is 0 Å². The van der Waals surface area contributed by atoms with Gasteiger partial charge in [0.2, 0.25) is 0 Å². The standard InChI is InChI=1S/C6H11N3O/c1-5(4-7)9-3-2-6(10)8-9/h2-3,5H,4,7H2,1H3,(H,8,10). The van der Waals surface area contributed by atoms with E-state index in [1.54, 1.807) is 10.9 Å². The van der Waals surface area contributed by atoms with Gasteiger partial charge >= 0.3 is 0 Å². The lowest BCUT2D eigenvalue weighted by Gasteiger charge is -2.08. The summed E-state index contributed by atoms with van der Waals surface area (Å²) in [6, 6.07) is 1.65. The van der Waals surface area contributed by atoms with Crippen molar-refractivity contribution in [2.45, 2.75) is 13.0 Å². The van der Waals surface area contributed by atoms with Crippen LogP contribution in [0.3, 0.4) is 0 Å². The highest BCUT2D eigenvalue weighted by molar-refractivity contribution is 4.82. The number of aromatic amines is 1. The molecule has 0 aliphatic carbocycles. The highest BCUT2D eigenvalue weighted by Crippen LogP contribution is 1.96. The smallest absolute Gasteiger partial charge is 0.264 e. The van der Waals surface area contributed by atoms with Crippen molar-refractivity contribution in [3.05, 3.63) is 22.6 Å². The van der Waals surface area contributed by atoms with E-state index in [4.69, 9.17) is 5.73 Å². The molecule has 0 aromatic carbocycles. The average molecular weight is 141 g/mol. The number of aromatic nitrogens is 2. The molecule has 0 aliphatic rings. The lowest BCUT2D eigenvalue weighted by atomic mass is 10.3. The Balaban J connectivity index is 2.84. The Labute approximate surface area is 58.6 Å². The van der Waals surface area contributed by atoms with E-state index in [1.807, 2.05) is 6.92 Å². The van der Waals surface area contributed by atoms with Crippen LogP contribution in [0, 0.1) is 0 Å². The summed E-state index contributed by atoms with van der Waals surface area (Å²) >= 11 is 0. The highest BCUT2D eigenvalue weighted by atomic mass is 16.1. The molecule has 4 heteroatoms. The Hall–Kier alpha value is -1.03. The first kappa shape index (κ1) is 7.08. The molecule has 1 rings (SSSR count). The van der Waals surface area contributed by atoms with Crippen molar-refractivity contribution in [3.8, 4) is 0 Å². The van der Waals surface area contributed by atoms with E-state index >= 15 is 0 Å². The van der Waals surface area contributed by atoms with Gasteiger partial charge in [-0.25, -0.2) is 0 Å². The SMILES string of the molecule is CC(CN)n1ccc(=O)[nH]1. The summed E-state index contributed by atoms with van der Waals surface area (Å²) in [5.41, 5.74) is 5.29. The fraction of sp³-hybridized carbons (Fsp3) is 0.500. The molecule has 1 heterocycles. The molecule has 0 amide bonds. The summed E-state index contributed by atoms with van der Waals surface area (Å²) in [7, 11) is 0. The molecule has 1 aromatic rings. The van der Waals surface area contributed by atoms with Gasteiger partial charge in [0.05, 0.1) is 6.04 Å². The van der Waals surface area contributed by atoms with Crippen molar-refractivity contribution < 1.29 is 0 Å². The van der Waals surface area contributed by atoms with Gasteiger partial charge in [-0.3, -0.25) is 14.6 Å². The molecule has 0 fully saturated rings. The fourth-order valence-corrected chi connectivity index (χ4v) is 0.720. The van der Waals surface area contributed by atoms with E-state index in [2.05, 4.69) is 5.10 Å². The molecule has 0 bridgehead atoms. The maximum Gasteiger partial charge on any atom is 0.264 e. The molecule has 0 saturated heterocycles. The third-order valence-electron chi connectivity index (χ3n) is 1.44. The van der Waals surface area contributed by atoms with Crippen LogP contribution in [0.2, 0.25) is 0 Å². The van der Waals surface area contributed by atoms with Crippen LogP contribution in [0.25, 0.3) is 0 Å². The first-order chi connectivity index (χ1) is 4.74. The monoisotopic (exact) mass is 141 g/mol. The first-order valence-electron chi connectivity index (χ1n) is 3.21. The van der Waals surface area contributed by atoms with Crippen LogP contribution < -0.4 is 11.3 Å². The predicted molar refractivity (Wildman–Crippen MR) is 38.8 cm³/mol. The van der Waals surface area contributed by atoms with E-state index in [0.717, 1.165) is 0 Å². The Morgan fingerprint density at radius 3 is 3.00 bits per heavy atom. The second-order valence-electron chi connectivity index (χ2n) is 2.28. The van der Waals surface area contributed by atoms with E-state index in [1.165, 1.54) is 6.07 Å². The quantitative estimate of drug-likeness (QED) is 0.593. The minimum absolute atomic E-state index is 0.0831. The van der Waals surface area contributed by atoms with Crippen LogP contribution in [0.15, 0.2) is 17.1 Å². The molecule has 1 unspecified atom stereocenters. The Kier molecular flexibility index (Phi) is 1.91. The van der Waals surface area contributed by atoms with Crippen LogP contribution >= 0.6 is 0 Å². The second-order valence-corrected chi connectivity index (χ2v) is 2.28. The van der Waals surface area contributed by atoms with Gasteiger partial charge in [0, 0.05) is 18.8 Å². The third-order valence-corrected chi connectivity index (χ3v) is 1.44. The first-order valence-corrected chi connectivity index (χ1v) is 3.21. The van der Waals surface area contributed by atoms with Crippen molar-refractivity contribution in [1.82, 2.24) is 9.78 Å². The van der Waals surface area contributed by atoms with Gasteiger partial charge in [-0.1, -0.05) is 0 Å². The minimum Gasteiger partial charge on any atom is -0.328 e. The van der Waals surface area contributed by atoms with Crippen molar-refractivity contribution in [2.24, 2.45) is 5.73 Å². The Morgan fingerprint density at radius 2 is 2.60 bits per heavy atom. The van der Waals surface area contributed by atoms with Crippen LogP contribution in [-0.2, 0) is 0 Å². The van der Waals surface area contributed by atoms with Gasteiger partial charge in [0.25, 0.3) is 5.56 Å². The summed E-state index contributed by atoms with van der Waals surface area (Å²) in [5.74, 6) is 0. The summed E-state index contributed by atoms with van der Waals surface area (Å²) in [5, 5.41) is 2.61. The summed E-state index contributed by atoms with van der Waals surface area (Å²) in [6.45, 7) is 2.47. The molecule has 0 aliphatic heterocycles. The van der Waals surface area contributed by atoms with Crippen molar-refractivity contribution in [3.63, 3.8) is 0 Å². The summed E-state index contributed by atoms with van der Waals surface area (Å²) in [6.07, 6.45) is 1.69. The molecule has 4 nitrogen and oxygen atoms in total. The molecule has 1 atom stereocenters. The topological polar surface area (TPSA) is 63.8 Å². The molecule has 1 aromatic heterocycles. The second kappa shape index (κ2) is 2.70. The predicted octanol–water partition coefficient (Wildman–Crippen LogP) is -0.304. The van der Waals surface area contributed by atoms with E-state index in [0.29, 0.717) is 6.54 Å². The van der Waals surface area contributed by atoms with Crippen LogP contribution in [0.5, 0.6) is 0 Å². The zero-order valence-corrected chi connectivity index (χ0v) is 5.87. The molecule has 0 saturated carbocycles. The van der Waals surface area contributed by atoms with Gasteiger partial charge in [0.1, 0.15) is 0 Å². The third kappa shape index (κ3) is 1.27. The number of H-pyrrole nitrogens is 1. The van der Waals surface area contributed by atoms with Crippen LogP contribution in [0.1, 0.15) is 13.0 Å². The summed E-state index contributed by atoms with van der Waals surface area (Å²) in [4.78, 5) is 10.6. The maximum atomic E-state index is 10.6. The van der Waals surface area contributed by atoms with Crippen LogP contribution in [-0.4, -0.2) is 16.3 Å². The molecule has 3 N–H and O–H groups in total. The summed E-state index contributed by atoms with van der Waals surface area (Å²) < 4.78 is 1.70. The molecular weight excluding hydrogens is 130 g/mol. The molecule has 0 radical (unpaired) electrons. The number of rotatable bonds is 2. The van der Waals surface area contributed by atoms with Crippen molar-refractivity contribution in [2.75, 3.05) is 6.54 Å². The van der Waals surface area contributed by atoms with Gasteiger partial charge < -0.3 is 5.73 Å². The van der Waals surface area contributed by atoms with Crippen molar-refractivity contribution >= 4 is 0 Å². The van der Waals surface area contributed by atoms with Gasteiger partial charge in [-0.15, -0.1) is 0 Å². The van der Waals surface area contributed by atoms with Gasteiger partial charge in [0.15, 0.2) is 0 Å². The largest absolute Gasteiger partial charge is 0.328 e. The van der Waals surface area contributed by atoms with Gasteiger partial charge in [-0.2, -0.15) is 0 Å². The number of hydrogen-bond donors (Lipinski definition) is 2. The number of nitrogens with zero attached hydrogens (tertiary/aromatic N) is 1. The minimum atomic E-state index is -0.0831. The maximum absolute atomic E-state index is 10.6. The normalized spacial score (nSPS) is 13.4. The molecule has 0 spiro atoms. The Bertz CT molecular complexity index is 249. The average Bonchev–Trinajstić information content (AvgIpc) is 2.34. The molecule has 10 heavy (non-hydrogen) atoms. The lowest BCUT2D eigenvalue weighted by Crippen LogP contribution is -2.18.